The Balaban J connectivity index is 2.06. The minimum Gasteiger partial charge on any atom is -0.478 e. The van der Waals surface area contributed by atoms with Gasteiger partial charge in [-0.1, -0.05) is 0 Å². The molecule has 1 fully saturated rings. The number of hydrogen-bond donors (Lipinski definition) is 1. The van der Waals surface area contributed by atoms with Crippen LogP contribution in [0.3, 0.4) is 0 Å². The van der Waals surface area contributed by atoms with E-state index in [4.69, 9.17) is 5.11 Å². The van der Waals surface area contributed by atoms with Crippen molar-refractivity contribution in [3.05, 3.63) is 29.8 Å². The van der Waals surface area contributed by atoms with Crippen molar-refractivity contribution in [3.63, 3.8) is 0 Å². The molecule has 1 saturated heterocycles. The van der Waals surface area contributed by atoms with E-state index >= 15 is 0 Å². The van der Waals surface area contributed by atoms with Gasteiger partial charge in [0.05, 0.1) is 10.5 Å². The molecule has 0 bridgehead atoms. The Bertz CT molecular complexity index is 735. The van der Waals surface area contributed by atoms with Crippen molar-refractivity contribution in [2.75, 3.05) is 20.1 Å². The lowest BCUT2D eigenvalue weighted by atomic mass is 9.96. The van der Waals surface area contributed by atoms with Crippen molar-refractivity contribution < 1.29 is 23.1 Å². The van der Waals surface area contributed by atoms with Crippen LogP contribution in [0.4, 0.5) is 0 Å². The highest BCUT2D eigenvalue weighted by Crippen LogP contribution is 2.25. The van der Waals surface area contributed by atoms with Crippen LogP contribution in [0.15, 0.2) is 29.2 Å². The molecule has 25 heavy (non-hydrogen) atoms. The summed E-state index contributed by atoms with van der Waals surface area (Å²) in [5.74, 6) is -1.20. The van der Waals surface area contributed by atoms with Crippen molar-refractivity contribution in [2.24, 2.45) is 5.92 Å². The third-order valence-corrected chi connectivity index (χ3v) is 6.58. The first-order valence-electron chi connectivity index (χ1n) is 8.24. The van der Waals surface area contributed by atoms with Gasteiger partial charge in [-0.15, -0.1) is 0 Å². The molecular weight excluding hydrogens is 344 g/mol. The lowest BCUT2D eigenvalue weighted by Crippen LogP contribution is -2.44. The van der Waals surface area contributed by atoms with Crippen molar-refractivity contribution in [1.82, 2.24) is 9.21 Å². The summed E-state index contributed by atoms with van der Waals surface area (Å²) in [7, 11) is -1.91. The summed E-state index contributed by atoms with van der Waals surface area (Å²) in [6, 6.07) is 5.29. The summed E-state index contributed by atoms with van der Waals surface area (Å²) < 4.78 is 26.7. The number of carbonyl (C=O) groups is 2. The van der Waals surface area contributed by atoms with Gasteiger partial charge in [0.15, 0.2) is 0 Å². The molecule has 0 atom stereocenters. The average molecular weight is 368 g/mol. The molecule has 0 spiro atoms. The molecule has 0 aromatic heterocycles. The normalized spacial score (nSPS) is 16.8. The molecule has 1 N–H and O–H groups in total. The van der Waals surface area contributed by atoms with Gasteiger partial charge in [0.25, 0.3) is 0 Å². The maximum atomic E-state index is 12.7. The zero-order valence-corrected chi connectivity index (χ0v) is 15.5. The second kappa shape index (κ2) is 7.53. The second-order valence-electron chi connectivity index (χ2n) is 6.55. The first-order valence-corrected chi connectivity index (χ1v) is 9.68. The first kappa shape index (κ1) is 19.4. The van der Waals surface area contributed by atoms with Crippen LogP contribution in [-0.4, -0.2) is 60.8 Å². The Kier molecular flexibility index (Phi) is 5.84. The summed E-state index contributed by atoms with van der Waals surface area (Å²) >= 11 is 0. The summed E-state index contributed by atoms with van der Waals surface area (Å²) in [5.41, 5.74) is 0.0416. The van der Waals surface area contributed by atoms with Gasteiger partial charge in [0.2, 0.25) is 15.9 Å². The minimum atomic E-state index is -3.67. The SMILES string of the molecule is CC(C)N(C)C(=O)C1CCN(S(=O)(=O)c2ccc(C(=O)O)cc2)CC1. The minimum absolute atomic E-state index is 0.0416. The van der Waals surface area contributed by atoms with Gasteiger partial charge in [-0.05, 0) is 51.0 Å². The zero-order valence-electron chi connectivity index (χ0n) is 14.7. The molecule has 7 nitrogen and oxygen atoms in total. The second-order valence-corrected chi connectivity index (χ2v) is 8.49. The van der Waals surface area contributed by atoms with E-state index in [1.165, 1.54) is 28.6 Å². The molecule has 0 saturated carbocycles. The van der Waals surface area contributed by atoms with Gasteiger partial charge >= 0.3 is 5.97 Å². The molecule has 0 unspecified atom stereocenters. The third-order valence-electron chi connectivity index (χ3n) is 4.66. The highest BCUT2D eigenvalue weighted by atomic mass is 32.2. The fourth-order valence-corrected chi connectivity index (χ4v) is 4.27. The largest absolute Gasteiger partial charge is 0.478 e. The fraction of sp³-hybridized carbons (Fsp3) is 0.529. The van der Waals surface area contributed by atoms with Crippen LogP contribution in [0.5, 0.6) is 0 Å². The van der Waals surface area contributed by atoms with E-state index in [2.05, 4.69) is 0 Å². The lowest BCUT2D eigenvalue weighted by Gasteiger charge is -2.33. The molecule has 8 heteroatoms. The molecule has 138 valence electrons. The summed E-state index contributed by atoms with van der Waals surface area (Å²) in [6.07, 6.45) is 0.977. The van der Waals surface area contributed by atoms with E-state index in [1.807, 2.05) is 13.8 Å². The van der Waals surface area contributed by atoms with Crippen LogP contribution < -0.4 is 0 Å². The number of nitrogens with zero attached hydrogens (tertiary/aromatic N) is 2. The number of carbonyl (C=O) groups excluding carboxylic acids is 1. The quantitative estimate of drug-likeness (QED) is 0.853. The number of carboxylic acid groups (broad SMARTS) is 1. The smallest absolute Gasteiger partial charge is 0.335 e. The van der Waals surface area contributed by atoms with E-state index in [0.717, 1.165) is 0 Å². The van der Waals surface area contributed by atoms with Crippen LogP contribution in [0.2, 0.25) is 0 Å². The number of piperidine rings is 1. The predicted molar refractivity (Wildman–Crippen MR) is 92.8 cm³/mol. The van der Waals surface area contributed by atoms with Gasteiger partial charge in [-0.2, -0.15) is 4.31 Å². The van der Waals surface area contributed by atoms with E-state index in [9.17, 15) is 18.0 Å². The van der Waals surface area contributed by atoms with Gasteiger partial charge in [0.1, 0.15) is 0 Å². The molecule has 1 heterocycles. The standard InChI is InChI=1S/C17H24N2O5S/c1-12(2)18(3)16(20)13-8-10-19(11-9-13)25(23,24)15-6-4-14(5-7-15)17(21)22/h4-7,12-13H,8-11H2,1-3H3,(H,21,22). The fourth-order valence-electron chi connectivity index (χ4n) is 2.80. The maximum absolute atomic E-state index is 12.7. The van der Waals surface area contributed by atoms with Crippen molar-refractivity contribution in [2.45, 2.75) is 37.6 Å². The molecule has 2 rings (SSSR count). The lowest BCUT2D eigenvalue weighted by molar-refractivity contribution is -0.136. The number of carboxylic acids is 1. The number of aromatic carboxylic acids is 1. The van der Waals surface area contributed by atoms with Crippen LogP contribution in [0.1, 0.15) is 37.0 Å². The van der Waals surface area contributed by atoms with Gasteiger partial charge in [-0.25, -0.2) is 13.2 Å². The maximum Gasteiger partial charge on any atom is 0.335 e. The molecule has 1 amide bonds. The van der Waals surface area contributed by atoms with Crippen LogP contribution in [0.25, 0.3) is 0 Å². The molecule has 1 aromatic rings. The summed E-state index contributed by atoms with van der Waals surface area (Å²) in [6.45, 7) is 4.45. The van der Waals surface area contributed by atoms with E-state index in [0.29, 0.717) is 12.8 Å². The van der Waals surface area contributed by atoms with Gasteiger partial charge in [-0.3, -0.25) is 4.79 Å². The predicted octanol–water partition coefficient (Wildman–Crippen LogP) is 1.65. The molecule has 1 aromatic carbocycles. The van der Waals surface area contributed by atoms with Gasteiger partial charge in [0, 0.05) is 32.1 Å². The first-order chi connectivity index (χ1) is 11.6. The molecule has 0 aliphatic carbocycles. The van der Waals surface area contributed by atoms with Crippen LogP contribution in [0, 0.1) is 5.92 Å². The highest BCUT2D eigenvalue weighted by Gasteiger charge is 2.33. The number of benzene rings is 1. The highest BCUT2D eigenvalue weighted by molar-refractivity contribution is 7.89. The Labute approximate surface area is 148 Å². The molecule has 1 aliphatic heterocycles. The Morgan fingerprint density at radius 2 is 1.68 bits per heavy atom. The Hall–Kier alpha value is -1.93. The third kappa shape index (κ3) is 4.19. The monoisotopic (exact) mass is 368 g/mol. The Morgan fingerprint density at radius 1 is 1.16 bits per heavy atom. The number of amides is 1. The van der Waals surface area contributed by atoms with Gasteiger partial charge < -0.3 is 10.0 Å². The number of rotatable bonds is 5. The number of hydrogen-bond acceptors (Lipinski definition) is 4. The molecule has 0 radical (unpaired) electrons. The Morgan fingerprint density at radius 3 is 2.12 bits per heavy atom. The van der Waals surface area contributed by atoms with E-state index < -0.39 is 16.0 Å². The van der Waals surface area contributed by atoms with E-state index in [-0.39, 0.29) is 41.4 Å². The van der Waals surface area contributed by atoms with E-state index in [1.54, 1.807) is 11.9 Å². The summed E-state index contributed by atoms with van der Waals surface area (Å²) in [5, 5.41) is 8.90. The average Bonchev–Trinajstić information content (AvgIpc) is 2.60. The van der Waals surface area contributed by atoms with Crippen molar-refractivity contribution in [3.8, 4) is 0 Å². The summed E-state index contributed by atoms with van der Waals surface area (Å²) in [4.78, 5) is 25.0. The topological polar surface area (TPSA) is 95.0 Å². The van der Waals surface area contributed by atoms with Crippen molar-refractivity contribution >= 4 is 21.9 Å². The molecular formula is C17H24N2O5S. The number of sulfonamides is 1. The molecule has 1 aliphatic rings. The van der Waals surface area contributed by atoms with Crippen molar-refractivity contribution in [1.29, 1.82) is 0 Å². The zero-order chi connectivity index (χ0) is 18.8. The van der Waals surface area contributed by atoms with Crippen LogP contribution >= 0.6 is 0 Å². The van der Waals surface area contributed by atoms with Crippen LogP contribution in [-0.2, 0) is 14.8 Å².